The molecule has 0 fully saturated rings. The Balaban J connectivity index is 3.53. The molecular weight excluding hydrogens is 248 g/mol. The second-order valence-corrected chi connectivity index (χ2v) is 4.55. The molecule has 0 rings (SSSR count). The van der Waals surface area contributed by atoms with Crippen LogP contribution in [0.2, 0.25) is 0 Å². The van der Waals surface area contributed by atoms with Gasteiger partial charge in [-0.25, -0.2) is 0 Å². The molecule has 1 atom stereocenters. The van der Waals surface area contributed by atoms with E-state index >= 15 is 0 Å². The number of ether oxygens (including phenoxy) is 3. The number of primary amides is 1. The molecule has 0 saturated carbocycles. The van der Waals surface area contributed by atoms with E-state index in [-0.39, 0.29) is 5.91 Å². The minimum Gasteiger partial charge on any atom is -0.382 e. The van der Waals surface area contributed by atoms with Crippen molar-refractivity contribution in [3.8, 4) is 0 Å². The Morgan fingerprint density at radius 2 is 1.79 bits per heavy atom. The first kappa shape index (κ1) is 18.3. The third kappa shape index (κ3) is 8.93. The molecule has 1 amide bonds. The van der Waals surface area contributed by atoms with Crippen LogP contribution in [0.4, 0.5) is 0 Å². The molecule has 6 heteroatoms. The van der Waals surface area contributed by atoms with Gasteiger partial charge in [0.1, 0.15) is 0 Å². The summed E-state index contributed by atoms with van der Waals surface area (Å²) in [6.07, 6.45) is 1.40. The number of nitrogens with two attached hydrogens (primary N) is 1. The van der Waals surface area contributed by atoms with Crippen LogP contribution in [0.1, 0.15) is 26.7 Å². The van der Waals surface area contributed by atoms with Crippen LogP contribution in [0.25, 0.3) is 0 Å². The van der Waals surface area contributed by atoms with Crippen LogP contribution in [-0.2, 0) is 19.0 Å². The molecule has 0 aliphatic rings. The Kier molecular flexibility index (Phi) is 10.8. The van der Waals surface area contributed by atoms with Gasteiger partial charge in [-0.05, 0) is 26.3 Å². The van der Waals surface area contributed by atoms with E-state index in [0.29, 0.717) is 46.0 Å². The molecule has 0 spiro atoms. The Morgan fingerprint density at radius 1 is 1.16 bits per heavy atom. The van der Waals surface area contributed by atoms with E-state index < -0.39 is 5.54 Å². The average Bonchev–Trinajstić information content (AvgIpc) is 2.37. The first-order valence-corrected chi connectivity index (χ1v) is 6.76. The predicted octanol–water partition coefficient (Wildman–Crippen LogP) is 0.300. The Morgan fingerprint density at radius 3 is 2.32 bits per heavy atom. The molecule has 0 aromatic carbocycles. The SMILES string of the molecule is CCNC(C)(CCOCCCOCCOC)C(N)=O. The molecule has 6 nitrogen and oxygen atoms in total. The van der Waals surface area contributed by atoms with Crippen molar-refractivity contribution in [2.45, 2.75) is 32.2 Å². The van der Waals surface area contributed by atoms with Crippen LogP contribution < -0.4 is 11.1 Å². The molecule has 3 N–H and O–H groups in total. The minimum absolute atomic E-state index is 0.346. The predicted molar refractivity (Wildman–Crippen MR) is 74.0 cm³/mol. The summed E-state index contributed by atoms with van der Waals surface area (Å²) in [5.74, 6) is -0.346. The van der Waals surface area contributed by atoms with Gasteiger partial charge in [0.2, 0.25) is 5.91 Å². The van der Waals surface area contributed by atoms with Crippen LogP contribution in [0, 0.1) is 0 Å². The molecule has 0 aliphatic carbocycles. The van der Waals surface area contributed by atoms with Gasteiger partial charge in [-0.15, -0.1) is 0 Å². The first-order valence-electron chi connectivity index (χ1n) is 6.76. The normalized spacial score (nSPS) is 14.3. The van der Waals surface area contributed by atoms with Crippen LogP contribution in [0.5, 0.6) is 0 Å². The molecule has 114 valence electrons. The lowest BCUT2D eigenvalue weighted by molar-refractivity contribution is -0.124. The maximum Gasteiger partial charge on any atom is 0.237 e. The van der Waals surface area contributed by atoms with Gasteiger partial charge < -0.3 is 25.3 Å². The first-order chi connectivity index (χ1) is 9.06. The van der Waals surface area contributed by atoms with E-state index in [0.717, 1.165) is 6.42 Å². The fourth-order valence-electron chi connectivity index (χ4n) is 1.57. The van der Waals surface area contributed by atoms with Gasteiger partial charge in [0.05, 0.1) is 18.8 Å². The lowest BCUT2D eigenvalue weighted by Crippen LogP contribution is -2.53. The fourth-order valence-corrected chi connectivity index (χ4v) is 1.57. The summed E-state index contributed by atoms with van der Waals surface area (Å²) in [5.41, 5.74) is 4.69. The molecule has 0 heterocycles. The quantitative estimate of drug-likeness (QED) is 0.473. The molecule has 0 aliphatic heterocycles. The standard InChI is InChI=1S/C13H28N2O4/c1-4-15-13(2,12(14)16)6-9-18-7-5-8-19-11-10-17-3/h15H,4-11H2,1-3H3,(H2,14,16). The van der Waals surface area contributed by atoms with Crippen molar-refractivity contribution in [1.82, 2.24) is 5.32 Å². The molecule has 0 bridgehead atoms. The van der Waals surface area contributed by atoms with Gasteiger partial charge in [-0.2, -0.15) is 0 Å². The van der Waals surface area contributed by atoms with Gasteiger partial charge in [-0.3, -0.25) is 4.79 Å². The zero-order valence-electron chi connectivity index (χ0n) is 12.4. The molecule has 1 unspecified atom stereocenters. The van der Waals surface area contributed by atoms with Crippen LogP contribution in [0.15, 0.2) is 0 Å². The smallest absolute Gasteiger partial charge is 0.237 e. The second kappa shape index (κ2) is 11.2. The average molecular weight is 276 g/mol. The van der Waals surface area contributed by atoms with Crippen molar-refractivity contribution in [3.05, 3.63) is 0 Å². The highest BCUT2D eigenvalue weighted by Crippen LogP contribution is 2.08. The number of nitrogens with one attached hydrogen (secondary N) is 1. The number of rotatable bonds is 13. The van der Waals surface area contributed by atoms with E-state index in [1.807, 2.05) is 6.92 Å². The highest BCUT2D eigenvalue weighted by atomic mass is 16.5. The third-order valence-corrected chi connectivity index (χ3v) is 2.87. The summed E-state index contributed by atoms with van der Waals surface area (Å²) < 4.78 is 15.6. The molecule has 0 saturated heterocycles. The van der Waals surface area contributed by atoms with E-state index in [1.165, 1.54) is 0 Å². The van der Waals surface area contributed by atoms with Gasteiger partial charge in [0.15, 0.2) is 0 Å². The Bertz CT molecular complexity index is 239. The lowest BCUT2D eigenvalue weighted by atomic mass is 9.97. The largest absolute Gasteiger partial charge is 0.382 e. The topological polar surface area (TPSA) is 82.8 Å². The van der Waals surface area contributed by atoms with Gasteiger partial charge in [0, 0.05) is 26.9 Å². The maximum atomic E-state index is 11.4. The molecule has 0 aromatic heterocycles. The molecule has 0 radical (unpaired) electrons. The second-order valence-electron chi connectivity index (χ2n) is 4.55. The van der Waals surface area contributed by atoms with E-state index in [9.17, 15) is 4.79 Å². The van der Waals surface area contributed by atoms with Gasteiger partial charge in [-0.1, -0.05) is 6.92 Å². The fraction of sp³-hybridized carbons (Fsp3) is 0.923. The highest BCUT2D eigenvalue weighted by Gasteiger charge is 2.29. The summed E-state index contributed by atoms with van der Waals surface area (Å²) in [5, 5.41) is 3.09. The lowest BCUT2D eigenvalue weighted by Gasteiger charge is -2.26. The third-order valence-electron chi connectivity index (χ3n) is 2.87. The Hall–Kier alpha value is -0.690. The number of hydrogen-bond donors (Lipinski definition) is 2. The van der Waals surface area contributed by atoms with Crippen molar-refractivity contribution >= 4 is 5.91 Å². The van der Waals surface area contributed by atoms with Gasteiger partial charge >= 0.3 is 0 Å². The van der Waals surface area contributed by atoms with E-state index in [2.05, 4.69) is 5.32 Å². The van der Waals surface area contributed by atoms with E-state index in [1.54, 1.807) is 14.0 Å². The Labute approximate surface area is 116 Å². The number of hydrogen-bond acceptors (Lipinski definition) is 5. The van der Waals surface area contributed by atoms with Crippen LogP contribution in [-0.4, -0.2) is 58.1 Å². The number of likely N-dealkylation sites (N-methyl/N-ethyl adjacent to an activating group) is 1. The number of carbonyl (C=O) groups excluding carboxylic acids is 1. The van der Waals surface area contributed by atoms with Crippen molar-refractivity contribution in [1.29, 1.82) is 0 Å². The van der Waals surface area contributed by atoms with Crippen molar-refractivity contribution in [3.63, 3.8) is 0 Å². The maximum absolute atomic E-state index is 11.4. The minimum atomic E-state index is -0.691. The van der Waals surface area contributed by atoms with E-state index in [4.69, 9.17) is 19.9 Å². The molecular formula is C13H28N2O4. The van der Waals surface area contributed by atoms with Crippen molar-refractivity contribution < 1.29 is 19.0 Å². The van der Waals surface area contributed by atoms with Crippen molar-refractivity contribution in [2.24, 2.45) is 5.73 Å². The van der Waals surface area contributed by atoms with Crippen LogP contribution >= 0.6 is 0 Å². The highest BCUT2D eigenvalue weighted by molar-refractivity contribution is 5.84. The molecule has 19 heavy (non-hydrogen) atoms. The molecule has 0 aromatic rings. The summed E-state index contributed by atoms with van der Waals surface area (Å²) in [6.45, 7) is 7.45. The summed E-state index contributed by atoms with van der Waals surface area (Å²) in [7, 11) is 1.65. The van der Waals surface area contributed by atoms with Crippen molar-refractivity contribution in [2.75, 3.05) is 46.7 Å². The number of methoxy groups -OCH3 is 1. The zero-order chi connectivity index (χ0) is 14.6. The monoisotopic (exact) mass is 276 g/mol. The summed E-state index contributed by atoms with van der Waals surface area (Å²) >= 11 is 0. The number of carbonyl (C=O) groups is 1. The number of amides is 1. The summed E-state index contributed by atoms with van der Waals surface area (Å²) in [6, 6.07) is 0. The summed E-state index contributed by atoms with van der Waals surface area (Å²) in [4.78, 5) is 11.4. The van der Waals surface area contributed by atoms with Crippen LogP contribution in [0.3, 0.4) is 0 Å². The van der Waals surface area contributed by atoms with Gasteiger partial charge in [0.25, 0.3) is 0 Å². The zero-order valence-corrected chi connectivity index (χ0v) is 12.4.